The van der Waals surface area contributed by atoms with Crippen molar-refractivity contribution in [1.82, 2.24) is 14.2 Å². The lowest BCUT2D eigenvalue weighted by Crippen LogP contribution is -2.42. The van der Waals surface area contributed by atoms with E-state index in [2.05, 4.69) is 22.2 Å². The molecule has 0 radical (unpaired) electrons. The number of aromatic nitrogens is 1. The average molecular weight is 465 g/mol. The van der Waals surface area contributed by atoms with E-state index in [4.69, 9.17) is 4.74 Å². The lowest BCUT2D eigenvalue weighted by atomic mass is 10.1. The van der Waals surface area contributed by atoms with Gasteiger partial charge in [0.15, 0.2) is 5.13 Å². The van der Waals surface area contributed by atoms with E-state index in [0.29, 0.717) is 11.7 Å². The molecule has 1 fully saturated rings. The highest BCUT2D eigenvalue weighted by atomic mass is 32.2. The number of carbonyl (C=O) groups is 1. The summed E-state index contributed by atoms with van der Waals surface area (Å²) in [7, 11) is -0.287. The number of carbonyl (C=O) groups excluding carboxylic acids is 1. The number of rotatable bonds is 5. The molecule has 31 heavy (non-hydrogen) atoms. The van der Waals surface area contributed by atoms with Crippen LogP contribution in [0.25, 0.3) is 0 Å². The predicted molar refractivity (Wildman–Crippen MR) is 120 cm³/mol. The maximum absolute atomic E-state index is 13.4. The number of thiazole rings is 1. The standard InChI is InChI=1S/C21H28N4O4S2/c1-14-6-4-5-10-25(14)31(27,28)19-12-15(7-8-17(19)29-3)20(26)23-21-22-16-9-11-24(2)13-18(16)30-21/h7-8,12,14H,4-6,9-11,13H2,1-3H3,(H,22,23,26)/t14-/m1/s1. The number of benzene rings is 1. The van der Waals surface area contributed by atoms with Gasteiger partial charge in [-0.1, -0.05) is 6.42 Å². The van der Waals surface area contributed by atoms with Crippen LogP contribution in [-0.2, 0) is 23.0 Å². The van der Waals surface area contributed by atoms with Gasteiger partial charge in [-0.05, 0) is 45.0 Å². The molecule has 0 bridgehead atoms. The molecular weight excluding hydrogens is 436 g/mol. The first-order valence-electron chi connectivity index (χ1n) is 10.5. The van der Waals surface area contributed by atoms with Crippen molar-refractivity contribution in [3.05, 3.63) is 34.3 Å². The van der Waals surface area contributed by atoms with E-state index >= 15 is 0 Å². The molecule has 2 aliphatic rings. The van der Waals surface area contributed by atoms with Crippen molar-refractivity contribution in [1.29, 1.82) is 0 Å². The topological polar surface area (TPSA) is 91.8 Å². The number of piperidine rings is 1. The first kappa shape index (κ1) is 22.2. The van der Waals surface area contributed by atoms with Gasteiger partial charge in [-0.25, -0.2) is 13.4 Å². The minimum absolute atomic E-state index is 0.0245. The summed E-state index contributed by atoms with van der Waals surface area (Å²) in [5.41, 5.74) is 1.28. The van der Waals surface area contributed by atoms with E-state index in [1.807, 2.05) is 6.92 Å². The number of amides is 1. The zero-order valence-corrected chi connectivity index (χ0v) is 19.7. The molecule has 1 saturated heterocycles. The Labute approximate surface area is 187 Å². The summed E-state index contributed by atoms with van der Waals surface area (Å²) in [6, 6.07) is 4.44. The van der Waals surface area contributed by atoms with Crippen molar-refractivity contribution in [2.45, 2.75) is 50.1 Å². The fourth-order valence-corrected chi connectivity index (χ4v) is 7.09. The number of fused-ring (bicyclic) bond motifs is 1. The molecule has 2 aliphatic heterocycles. The molecule has 2 aromatic rings. The van der Waals surface area contributed by atoms with Gasteiger partial charge in [-0.3, -0.25) is 10.1 Å². The second kappa shape index (κ2) is 8.85. The lowest BCUT2D eigenvalue weighted by Gasteiger charge is -2.32. The smallest absolute Gasteiger partial charge is 0.257 e. The van der Waals surface area contributed by atoms with Crippen LogP contribution in [0.2, 0.25) is 0 Å². The maximum Gasteiger partial charge on any atom is 0.257 e. The van der Waals surface area contributed by atoms with Crippen LogP contribution in [0.4, 0.5) is 5.13 Å². The molecular formula is C21H28N4O4S2. The zero-order chi connectivity index (χ0) is 22.2. The Morgan fingerprint density at radius 1 is 1.29 bits per heavy atom. The number of methoxy groups -OCH3 is 1. The van der Waals surface area contributed by atoms with E-state index in [0.717, 1.165) is 49.3 Å². The third-order valence-corrected chi connectivity index (χ3v) is 8.93. The van der Waals surface area contributed by atoms with Crippen LogP contribution in [-0.4, -0.2) is 61.8 Å². The van der Waals surface area contributed by atoms with Crippen LogP contribution in [0, 0.1) is 0 Å². The van der Waals surface area contributed by atoms with Gasteiger partial charge >= 0.3 is 0 Å². The Morgan fingerprint density at radius 3 is 2.84 bits per heavy atom. The number of likely N-dealkylation sites (N-methyl/N-ethyl adjacent to an activating group) is 1. The minimum Gasteiger partial charge on any atom is -0.495 e. The summed E-state index contributed by atoms with van der Waals surface area (Å²) in [4.78, 5) is 20.8. The Balaban J connectivity index is 1.60. The number of nitrogens with zero attached hydrogens (tertiary/aromatic N) is 3. The number of hydrogen-bond acceptors (Lipinski definition) is 7. The Kier molecular flexibility index (Phi) is 6.34. The summed E-state index contributed by atoms with van der Waals surface area (Å²) in [6.45, 7) is 4.16. The van der Waals surface area contributed by atoms with E-state index in [9.17, 15) is 13.2 Å². The van der Waals surface area contributed by atoms with Crippen molar-refractivity contribution >= 4 is 32.4 Å². The van der Waals surface area contributed by atoms with Gasteiger partial charge in [0.25, 0.3) is 5.91 Å². The normalized spacial score (nSPS) is 20.3. The molecule has 1 N–H and O–H groups in total. The molecule has 0 aliphatic carbocycles. The van der Waals surface area contributed by atoms with Crippen molar-refractivity contribution in [3.63, 3.8) is 0 Å². The van der Waals surface area contributed by atoms with Gasteiger partial charge in [0, 0.05) is 42.5 Å². The summed E-state index contributed by atoms with van der Waals surface area (Å²) >= 11 is 1.47. The van der Waals surface area contributed by atoms with E-state index in [1.165, 1.54) is 34.9 Å². The monoisotopic (exact) mass is 464 g/mol. The van der Waals surface area contributed by atoms with Crippen LogP contribution in [0.15, 0.2) is 23.1 Å². The summed E-state index contributed by atoms with van der Waals surface area (Å²) < 4.78 is 33.6. The molecule has 10 heteroatoms. The largest absolute Gasteiger partial charge is 0.495 e. The Hall–Kier alpha value is -2.01. The van der Waals surface area contributed by atoms with Crippen LogP contribution in [0.3, 0.4) is 0 Å². The van der Waals surface area contributed by atoms with Crippen molar-refractivity contribution < 1.29 is 17.9 Å². The summed E-state index contributed by atoms with van der Waals surface area (Å²) in [5.74, 6) is -0.146. The molecule has 0 unspecified atom stereocenters. The molecule has 0 saturated carbocycles. The highest BCUT2D eigenvalue weighted by molar-refractivity contribution is 7.89. The third kappa shape index (κ3) is 4.48. The second-order valence-corrected chi connectivity index (χ2v) is 11.1. The van der Waals surface area contributed by atoms with Crippen LogP contribution in [0.1, 0.15) is 47.1 Å². The number of ether oxygens (including phenoxy) is 1. The van der Waals surface area contributed by atoms with Gasteiger partial charge in [-0.15, -0.1) is 11.3 Å². The van der Waals surface area contributed by atoms with Crippen LogP contribution in [0.5, 0.6) is 5.75 Å². The number of nitrogens with one attached hydrogen (secondary N) is 1. The molecule has 1 aromatic heterocycles. The highest BCUT2D eigenvalue weighted by Gasteiger charge is 2.33. The van der Waals surface area contributed by atoms with Crippen molar-refractivity contribution in [2.24, 2.45) is 0 Å². The molecule has 4 rings (SSSR count). The molecule has 0 spiro atoms. The van der Waals surface area contributed by atoms with Gasteiger partial charge in [0.05, 0.1) is 12.8 Å². The van der Waals surface area contributed by atoms with Gasteiger partial charge in [0.2, 0.25) is 10.0 Å². The summed E-state index contributed by atoms with van der Waals surface area (Å²) in [5, 5.41) is 3.37. The summed E-state index contributed by atoms with van der Waals surface area (Å²) in [6.07, 6.45) is 3.53. The van der Waals surface area contributed by atoms with Gasteiger partial charge in [-0.2, -0.15) is 4.31 Å². The van der Waals surface area contributed by atoms with Crippen LogP contribution >= 0.6 is 11.3 Å². The van der Waals surface area contributed by atoms with Crippen molar-refractivity contribution in [3.8, 4) is 5.75 Å². The molecule has 168 valence electrons. The second-order valence-electron chi connectivity index (χ2n) is 8.16. The molecule has 3 heterocycles. The van der Waals surface area contributed by atoms with Gasteiger partial charge < -0.3 is 9.64 Å². The third-order valence-electron chi connectivity index (χ3n) is 5.90. The molecule has 1 amide bonds. The van der Waals surface area contributed by atoms with Crippen molar-refractivity contribution in [2.75, 3.05) is 32.6 Å². The number of hydrogen-bond donors (Lipinski definition) is 1. The Morgan fingerprint density at radius 2 is 2.10 bits per heavy atom. The number of sulfonamides is 1. The minimum atomic E-state index is -3.78. The maximum atomic E-state index is 13.4. The van der Waals surface area contributed by atoms with Crippen LogP contribution < -0.4 is 10.1 Å². The lowest BCUT2D eigenvalue weighted by molar-refractivity contribution is 0.102. The van der Waals surface area contributed by atoms with E-state index < -0.39 is 10.0 Å². The molecule has 8 nitrogen and oxygen atoms in total. The SMILES string of the molecule is COc1ccc(C(=O)Nc2nc3c(s2)CN(C)CC3)cc1S(=O)(=O)N1CCCC[C@H]1C. The highest BCUT2D eigenvalue weighted by Crippen LogP contribution is 2.32. The van der Waals surface area contributed by atoms with E-state index in [-0.39, 0.29) is 28.2 Å². The van der Waals surface area contributed by atoms with Gasteiger partial charge in [0.1, 0.15) is 10.6 Å². The quantitative estimate of drug-likeness (QED) is 0.732. The Bertz CT molecular complexity index is 1080. The average Bonchev–Trinajstić information content (AvgIpc) is 3.14. The molecule has 1 atom stereocenters. The fourth-order valence-electron chi connectivity index (χ4n) is 4.12. The first-order chi connectivity index (χ1) is 14.8. The zero-order valence-electron chi connectivity index (χ0n) is 18.1. The molecule has 1 aromatic carbocycles. The predicted octanol–water partition coefficient (Wildman–Crippen LogP) is 2.96. The number of anilines is 1. The first-order valence-corrected chi connectivity index (χ1v) is 12.7. The fraction of sp³-hybridized carbons (Fsp3) is 0.524. The van der Waals surface area contributed by atoms with E-state index in [1.54, 1.807) is 6.07 Å².